The molecular formula is C26H27FN8O5S. The van der Waals surface area contributed by atoms with Crippen molar-refractivity contribution in [3.63, 3.8) is 0 Å². The highest BCUT2D eigenvalue weighted by molar-refractivity contribution is 7.93. The molecule has 15 heteroatoms. The maximum Gasteiger partial charge on any atom is 0.243 e. The topological polar surface area (TPSA) is 159 Å². The molecule has 13 nitrogen and oxygen atoms in total. The van der Waals surface area contributed by atoms with Gasteiger partial charge in [-0.2, -0.15) is 5.10 Å². The van der Waals surface area contributed by atoms with Gasteiger partial charge in [0, 0.05) is 24.9 Å². The van der Waals surface area contributed by atoms with Crippen molar-refractivity contribution in [3.05, 3.63) is 66.0 Å². The number of H-pyrrole nitrogens is 1. The second-order valence-electron chi connectivity index (χ2n) is 9.08. The molecule has 3 heterocycles. The van der Waals surface area contributed by atoms with Crippen molar-refractivity contribution in [2.45, 2.75) is 25.2 Å². The average molecular weight is 583 g/mol. The van der Waals surface area contributed by atoms with E-state index in [1.165, 1.54) is 51.0 Å². The van der Waals surface area contributed by atoms with E-state index in [-0.39, 0.29) is 23.3 Å². The molecule has 0 bridgehead atoms. The lowest BCUT2D eigenvalue weighted by atomic mass is 10.2. The van der Waals surface area contributed by atoms with Crippen molar-refractivity contribution >= 4 is 26.9 Å². The van der Waals surface area contributed by atoms with Gasteiger partial charge in [-0.05, 0) is 49.7 Å². The number of anilines is 1. The summed E-state index contributed by atoms with van der Waals surface area (Å²) in [7, 11) is 0.0848. The Hall–Kier alpha value is -4.63. The summed E-state index contributed by atoms with van der Waals surface area (Å²) in [5.74, 6) is 0.275. The van der Waals surface area contributed by atoms with Gasteiger partial charge in [-0.15, -0.1) is 10.2 Å². The highest BCUT2D eigenvalue weighted by Crippen LogP contribution is 2.39. The second-order valence-corrected chi connectivity index (χ2v) is 11.1. The first-order valence-corrected chi connectivity index (χ1v) is 13.9. The number of aryl methyl sites for hydroxylation is 1. The van der Waals surface area contributed by atoms with E-state index in [2.05, 4.69) is 35.1 Å². The normalized spacial score (nSPS) is 13.2. The van der Waals surface area contributed by atoms with Gasteiger partial charge in [-0.1, -0.05) is 6.07 Å². The number of nitrogens with zero attached hydrogens (tertiary/aromatic N) is 6. The molecule has 0 aliphatic rings. The first-order chi connectivity index (χ1) is 19.7. The molecule has 3 aromatic heterocycles. The Labute approximate surface area is 234 Å². The molecule has 0 fully saturated rings. The number of hydrogen-bond donors (Lipinski definition) is 2. The van der Waals surface area contributed by atoms with E-state index in [0.29, 0.717) is 28.1 Å². The Morgan fingerprint density at radius 3 is 2.34 bits per heavy atom. The summed E-state index contributed by atoms with van der Waals surface area (Å²) in [6, 6.07) is 9.17. The molecule has 5 aromatic rings. The maximum absolute atomic E-state index is 14.2. The average Bonchev–Trinajstić information content (AvgIpc) is 3.56. The zero-order valence-electron chi connectivity index (χ0n) is 22.8. The fourth-order valence-electron chi connectivity index (χ4n) is 4.36. The van der Waals surface area contributed by atoms with Crippen LogP contribution in [0.15, 0.2) is 48.8 Å². The monoisotopic (exact) mass is 582 g/mol. The Morgan fingerprint density at radius 2 is 1.71 bits per heavy atom. The van der Waals surface area contributed by atoms with Crippen LogP contribution >= 0.6 is 0 Å². The molecule has 0 aliphatic heterocycles. The summed E-state index contributed by atoms with van der Waals surface area (Å²) in [4.78, 5) is 8.48. The van der Waals surface area contributed by atoms with Gasteiger partial charge in [0.15, 0.2) is 11.6 Å². The second kappa shape index (κ2) is 11.1. The van der Waals surface area contributed by atoms with E-state index in [0.717, 1.165) is 5.56 Å². The number of benzene rings is 2. The first kappa shape index (κ1) is 27.9. The summed E-state index contributed by atoms with van der Waals surface area (Å²) in [6.07, 6.45) is 2.16. The number of nitrogens with one attached hydrogen (secondary N) is 2. The van der Waals surface area contributed by atoms with Crippen LogP contribution in [0.3, 0.4) is 0 Å². The quantitative estimate of drug-likeness (QED) is 0.249. The number of aromatic amines is 1. The smallest absolute Gasteiger partial charge is 0.243 e. The minimum Gasteiger partial charge on any atom is -0.494 e. The van der Waals surface area contributed by atoms with Gasteiger partial charge >= 0.3 is 0 Å². The Bertz CT molecular complexity index is 1780. The van der Waals surface area contributed by atoms with Gasteiger partial charge in [0.05, 0.1) is 19.7 Å². The molecule has 2 atom stereocenters. The van der Waals surface area contributed by atoms with E-state index in [1.54, 1.807) is 30.6 Å². The molecular weight excluding hydrogens is 555 g/mol. The van der Waals surface area contributed by atoms with Crippen molar-refractivity contribution in [1.29, 1.82) is 0 Å². The summed E-state index contributed by atoms with van der Waals surface area (Å²) >= 11 is 0. The summed E-state index contributed by atoms with van der Waals surface area (Å²) < 4.78 is 62.3. The summed E-state index contributed by atoms with van der Waals surface area (Å²) in [5.41, 5.74) is 1.87. The molecule has 0 aliphatic carbocycles. The minimum atomic E-state index is -4.21. The van der Waals surface area contributed by atoms with Crippen LogP contribution in [0.5, 0.6) is 11.5 Å². The van der Waals surface area contributed by atoms with E-state index in [9.17, 15) is 12.8 Å². The van der Waals surface area contributed by atoms with Crippen LogP contribution in [0, 0.1) is 12.7 Å². The predicted octanol–water partition coefficient (Wildman–Crippen LogP) is 3.58. The summed E-state index contributed by atoms with van der Waals surface area (Å²) in [6.45, 7) is 3.29. The number of para-hydroxylation sites is 1. The van der Waals surface area contributed by atoms with E-state index in [1.807, 2.05) is 6.92 Å². The van der Waals surface area contributed by atoms with Crippen LogP contribution in [0.1, 0.15) is 24.4 Å². The number of aromatic nitrogens is 7. The third-order valence-electron chi connectivity index (χ3n) is 6.48. The van der Waals surface area contributed by atoms with Crippen LogP contribution in [-0.4, -0.2) is 69.9 Å². The van der Waals surface area contributed by atoms with Crippen LogP contribution < -0.4 is 14.2 Å². The zero-order valence-corrected chi connectivity index (χ0v) is 23.6. The lowest BCUT2D eigenvalue weighted by molar-refractivity contribution is 0.0949. The van der Waals surface area contributed by atoms with Gasteiger partial charge in [-0.3, -0.25) is 14.4 Å². The van der Waals surface area contributed by atoms with E-state index < -0.39 is 27.2 Å². The number of sulfonamides is 1. The van der Waals surface area contributed by atoms with Crippen LogP contribution in [0.2, 0.25) is 0 Å². The highest BCUT2D eigenvalue weighted by atomic mass is 32.2. The molecule has 0 saturated carbocycles. The number of ether oxygens (including phenoxy) is 3. The van der Waals surface area contributed by atoms with Gasteiger partial charge in [0.2, 0.25) is 16.0 Å². The van der Waals surface area contributed by atoms with Gasteiger partial charge < -0.3 is 14.2 Å². The standard InChI is InChI=1S/C26H27FN8O5S/c1-14-12-28-24(29-13-14)23(40-5)15(2)41(36,37)34-26-33-32-25(21-17-11-16(27)9-10-18(17)30-31-21)35(26)22-19(38-3)7-6-8-20(22)39-4/h6-13,15,23H,1-5H3,(H,30,31)(H,33,34). The van der Waals surface area contributed by atoms with Crippen molar-refractivity contribution in [2.75, 3.05) is 26.1 Å². The molecule has 2 N–H and O–H groups in total. The number of halogens is 1. The van der Waals surface area contributed by atoms with Crippen LogP contribution in [0.4, 0.5) is 10.3 Å². The van der Waals surface area contributed by atoms with Gasteiger partial charge in [0.25, 0.3) is 0 Å². The molecule has 2 unspecified atom stereocenters. The Morgan fingerprint density at radius 1 is 1.02 bits per heavy atom. The lowest BCUT2D eigenvalue weighted by Crippen LogP contribution is -2.33. The van der Waals surface area contributed by atoms with Crippen molar-refractivity contribution in [2.24, 2.45) is 0 Å². The number of methoxy groups -OCH3 is 3. The van der Waals surface area contributed by atoms with E-state index >= 15 is 0 Å². The molecule has 214 valence electrons. The predicted molar refractivity (Wildman–Crippen MR) is 148 cm³/mol. The fourth-order valence-corrected chi connectivity index (χ4v) is 5.49. The van der Waals surface area contributed by atoms with Crippen molar-refractivity contribution in [3.8, 4) is 28.7 Å². The molecule has 41 heavy (non-hydrogen) atoms. The van der Waals surface area contributed by atoms with Gasteiger partial charge in [0.1, 0.15) is 40.1 Å². The molecule has 2 aromatic carbocycles. The Kier molecular flexibility index (Phi) is 7.55. The SMILES string of the molecule is COc1cccc(OC)c1-n1c(NS(=O)(=O)C(C)C(OC)c2ncc(C)cn2)nnc1-c1n[nH]c2ccc(F)cc12. The third kappa shape index (κ3) is 5.16. The molecule has 5 rings (SSSR count). The zero-order chi connectivity index (χ0) is 29.3. The fraction of sp³-hybridized carbons (Fsp3) is 0.269. The number of hydrogen-bond acceptors (Lipinski definition) is 10. The number of fused-ring (bicyclic) bond motifs is 1. The maximum atomic E-state index is 14.2. The molecule has 0 amide bonds. The van der Waals surface area contributed by atoms with Gasteiger partial charge in [-0.25, -0.2) is 22.8 Å². The van der Waals surface area contributed by atoms with Crippen molar-refractivity contribution in [1.82, 2.24) is 34.9 Å². The highest BCUT2D eigenvalue weighted by Gasteiger charge is 2.35. The Balaban J connectivity index is 1.67. The molecule has 0 saturated heterocycles. The largest absolute Gasteiger partial charge is 0.494 e. The van der Waals surface area contributed by atoms with Crippen LogP contribution in [0.25, 0.3) is 28.1 Å². The number of rotatable bonds is 10. The lowest BCUT2D eigenvalue weighted by Gasteiger charge is -2.22. The molecule has 0 spiro atoms. The summed E-state index contributed by atoms with van der Waals surface area (Å²) in [5, 5.41) is 14.8. The minimum absolute atomic E-state index is 0.0974. The third-order valence-corrected chi connectivity index (χ3v) is 8.18. The van der Waals surface area contributed by atoms with E-state index in [4.69, 9.17) is 14.2 Å². The van der Waals surface area contributed by atoms with Crippen molar-refractivity contribution < 1.29 is 27.0 Å². The van der Waals surface area contributed by atoms with Crippen LogP contribution in [-0.2, 0) is 14.8 Å². The molecule has 0 radical (unpaired) electrons. The first-order valence-electron chi connectivity index (χ1n) is 12.3.